The Bertz CT molecular complexity index is 383. The number of carbonyl (C=O) groups excluding carboxylic acids is 1. The summed E-state index contributed by atoms with van der Waals surface area (Å²) >= 11 is 0. The van der Waals surface area contributed by atoms with Crippen LogP contribution in [0.1, 0.15) is 18.7 Å². The summed E-state index contributed by atoms with van der Waals surface area (Å²) in [6, 6.07) is 0. The number of hydrogen-bond donors (Lipinski definition) is 2. The Kier molecular flexibility index (Phi) is 2.14. The Morgan fingerprint density at radius 2 is 2.33 bits per heavy atom. The molecule has 15 heavy (non-hydrogen) atoms. The summed E-state index contributed by atoms with van der Waals surface area (Å²) in [5.41, 5.74) is -1.22. The fraction of sp³-hybridized carbons (Fsp3) is 0.500. The summed E-state index contributed by atoms with van der Waals surface area (Å²) in [5.74, 6) is -1.24. The van der Waals surface area contributed by atoms with E-state index in [9.17, 15) is 9.59 Å². The lowest BCUT2D eigenvalue weighted by atomic mass is 10.1. The molecule has 0 unspecified atom stereocenters. The molecule has 1 heterocycles. The minimum Gasteiger partial charge on any atom is -0.480 e. The van der Waals surface area contributed by atoms with E-state index in [0.29, 0.717) is 18.7 Å². The maximum Gasteiger partial charge on any atom is 0.319 e. The summed E-state index contributed by atoms with van der Waals surface area (Å²) in [6.45, 7) is 0.0877. The second-order valence-corrected chi connectivity index (χ2v) is 3.42. The molecule has 0 atom stereocenters. The normalized spacial score (nSPS) is 17.1. The highest BCUT2D eigenvalue weighted by Gasteiger charge is 2.56. The van der Waals surface area contributed by atoms with Crippen LogP contribution in [0.3, 0.4) is 0 Å². The molecule has 80 valence electrons. The van der Waals surface area contributed by atoms with Crippen LogP contribution < -0.4 is 5.32 Å². The van der Waals surface area contributed by atoms with E-state index < -0.39 is 17.3 Å². The number of nitrogens with one attached hydrogen (secondary N) is 1. The average Bonchev–Trinajstić information content (AvgIpc) is 2.87. The zero-order valence-corrected chi connectivity index (χ0v) is 7.77. The molecule has 1 aliphatic carbocycles. The van der Waals surface area contributed by atoms with E-state index >= 15 is 0 Å². The van der Waals surface area contributed by atoms with Crippen molar-refractivity contribution >= 4 is 11.9 Å². The first-order valence-electron chi connectivity index (χ1n) is 4.42. The maximum atomic E-state index is 11.5. The van der Waals surface area contributed by atoms with Crippen LogP contribution >= 0.6 is 0 Å². The van der Waals surface area contributed by atoms with Gasteiger partial charge in [-0.3, -0.25) is 9.59 Å². The second-order valence-electron chi connectivity index (χ2n) is 3.42. The van der Waals surface area contributed by atoms with Crippen molar-refractivity contribution in [1.82, 2.24) is 15.5 Å². The fourth-order valence-corrected chi connectivity index (χ4v) is 1.26. The lowest BCUT2D eigenvalue weighted by Gasteiger charge is -2.08. The van der Waals surface area contributed by atoms with Gasteiger partial charge < -0.3 is 14.9 Å². The van der Waals surface area contributed by atoms with E-state index in [2.05, 4.69) is 20.0 Å². The Morgan fingerprint density at radius 1 is 1.60 bits per heavy atom. The molecule has 0 saturated heterocycles. The van der Waals surface area contributed by atoms with Crippen molar-refractivity contribution < 1.29 is 19.2 Å². The van der Waals surface area contributed by atoms with Crippen molar-refractivity contribution in [3.05, 3.63) is 12.2 Å². The molecule has 1 aromatic rings. The Balaban J connectivity index is 1.91. The molecule has 0 aromatic carbocycles. The van der Waals surface area contributed by atoms with E-state index in [4.69, 9.17) is 5.11 Å². The van der Waals surface area contributed by atoms with Gasteiger partial charge in [-0.25, -0.2) is 0 Å². The SMILES string of the molecule is O=C(O)C1(C(=O)NCc2ncon2)CC1. The van der Waals surface area contributed by atoms with Gasteiger partial charge in [0.2, 0.25) is 12.3 Å². The van der Waals surface area contributed by atoms with Crippen LogP contribution in [0.2, 0.25) is 0 Å². The smallest absolute Gasteiger partial charge is 0.319 e. The number of carboxylic acid groups (broad SMARTS) is 1. The monoisotopic (exact) mass is 211 g/mol. The van der Waals surface area contributed by atoms with E-state index in [-0.39, 0.29) is 6.54 Å². The van der Waals surface area contributed by atoms with Crippen molar-refractivity contribution in [2.24, 2.45) is 5.41 Å². The molecule has 1 saturated carbocycles. The van der Waals surface area contributed by atoms with Crippen molar-refractivity contribution in [1.29, 1.82) is 0 Å². The minimum absolute atomic E-state index is 0.0877. The van der Waals surface area contributed by atoms with E-state index in [1.807, 2.05) is 0 Å². The molecule has 0 spiro atoms. The molecular weight excluding hydrogens is 202 g/mol. The summed E-state index contributed by atoms with van der Waals surface area (Å²) in [5, 5.41) is 14.8. The van der Waals surface area contributed by atoms with Crippen LogP contribution in [0.5, 0.6) is 0 Å². The first-order valence-corrected chi connectivity index (χ1v) is 4.42. The summed E-state index contributed by atoms with van der Waals surface area (Å²) in [7, 11) is 0. The molecule has 0 aliphatic heterocycles. The van der Waals surface area contributed by atoms with Gasteiger partial charge in [0.25, 0.3) is 0 Å². The third kappa shape index (κ3) is 1.67. The number of rotatable bonds is 4. The molecule has 2 rings (SSSR count). The summed E-state index contributed by atoms with van der Waals surface area (Å²) in [6.07, 6.45) is 1.92. The first-order chi connectivity index (χ1) is 7.15. The maximum absolute atomic E-state index is 11.5. The van der Waals surface area contributed by atoms with Crippen molar-refractivity contribution in [3.63, 3.8) is 0 Å². The highest BCUT2D eigenvalue weighted by molar-refractivity contribution is 6.04. The van der Waals surface area contributed by atoms with Crippen LogP contribution in [0.15, 0.2) is 10.9 Å². The van der Waals surface area contributed by atoms with Gasteiger partial charge in [-0.1, -0.05) is 5.16 Å². The molecule has 0 bridgehead atoms. The van der Waals surface area contributed by atoms with Crippen molar-refractivity contribution in [3.8, 4) is 0 Å². The Hall–Kier alpha value is -1.92. The zero-order chi connectivity index (χ0) is 10.9. The fourth-order valence-electron chi connectivity index (χ4n) is 1.26. The molecule has 1 aromatic heterocycles. The number of hydrogen-bond acceptors (Lipinski definition) is 5. The van der Waals surface area contributed by atoms with E-state index in [0.717, 1.165) is 6.39 Å². The van der Waals surface area contributed by atoms with E-state index in [1.165, 1.54) is 0 Å². The van der Waals surface area contributed by atoms with Crippen LogP contribution in [0, 0.1) is 5.41 Å². The van der Waals surface area contributed by atoms with Gasteiger partial charge in [0.05, 0.1) is 6.54 Å². The number of aliphatic carboxylic acids is 1. The predicted molar refractivity (Wildman–Crippen MR) is 45.4 cm³/mol. The van der Waals surface area contributed by atoms with Gasteiger partial charge in [-0.15, -0.1) is 0 Å². The number of carboxylic acids is 1. The van der Waals surface area contributed by atoms with Crippen molar-refractivity contribution in [2.75, 3.05) is 0 Å². The number of carbonyl (C=O) groups is 2. The molecule has 1 aliphatic rings. The van der Waals surface area contributed by atoms with Gasteiger partial charge in [-0.2, -0.15) is 4.98 Å². The second kappa shape index (κ2) is 3.34. The molecule has 7 heteroatoms. The van der Waals surface area contributed by atoms with Crippen LogP contribution in [0.4, 0.5) is 0 Å². The first kappa shape index (κ1) is 9.63. The van der Waals surface area contributed by atoms with Crippen molar-refractivity contribution in [2.45, 2.75) is 19.4 Å². The minimum atomic E-state index is -1.22. The Labute approximate surface area is 84.5 Å². The topological polar surface area (TPSA) is 105 Å². The lowest BCUT2D eigenvalue weighted by molar-refractivity contribution is -0.149. The molecule has 1 amide bonds. The number of aromatic nitrogens is 2. The van der Waals surface area contributed by atoms with Crippen LogP contribution in [-0.4, -0.2) is 27.1 Å². The van der Waals surface area contributed by atoms with Gasteiger partial charge in [-0.05, 0) is 12.8 Å². The zero-order valence-electron chi connectivity index (χ0n) is 7.77. The quantitative estimate of drug-likeness (QED) is 0.653. The Morgan fingerprint density at radius 3 is 2.80 bits per heavy atom. The number of nitrogens with zero attached hydrogens (tertiary/aromatic N) is 2. The highest BCUT2D eigenvalue weighted by atomic mass is 16.5. The molecular formula is C8H9N3O4. The summed E-state index contributed by atoms with van der Waals surface area (Å²) < 4.78 is 4.47. The average molecular weight is 211 g/mol. The molecule has 0 radical (unpaired) electrons. The predicted octanol–water partition coefficient (Wildman–Crippen LogP) is -0.449. The lowest BCUT2D eigenvalue weighted by Crippen LogP contribution is -2.36. The standard InChI is InChI=1S/C8H9N3O4/c12-6(8(1-2-8)7(13)14)9-3-5-10-4-15-11-5/h4H,1-3H2,(H,9,12)(H,13,14). The van der Waals surface area contributed by atoms with Crippen LogP contribution in [-0.2, 0) is 16.1 Å². The van der Waals surface area contributed by atoms with Gasteiger partial charge >= 0.3 is 5.97 Å². The van der Waals surface area contributed by atoms with Gasteiger partial charge in [0.15, 0.2) is 5.82 Å². The van der Waals surface area contributed by atoms with Gasteiger partial charge in [0, 0.05) is 0 Å². The summed E-state index contributed by atoms with van der Waals surface area (Å²) in [4.78, 5) is 26.0. The number of amides is 1. The third-order valence-corrected chi connectivity index (χ3v) is 2.41. The molecule has 7 nitrogen and oxygen atoms in total. The van der Waals surface area contributed by atoms with Gasteiger partial charge in [0.1, 0.15) is 5.41 Å². The van der Waals surface area contributed by atoms with Crippen LogP contribution in [0.25, 0.3) is 0 Å². The molecule has 1 fully saturated rings. The third-order valence-electron chi connectivity index (χ3n) is 2.41. The molecule has 2 N–H and O–H groups in total. The highest BCUT2D eigenvalue weighted by Crippen LogP contribution is 2.46. The largest absolute Gasteiger partial charge is 0.480 e. The van der Waals surface area contributed by atoms with E-state index in [1.54, 1.807) is 0 Å².